The van der Waals surface area contributed by atoms with E-state index in [-0.39, 0.29) is 76.2 Å². The van der Waals surface area contributed by atoms with Crippen molar-refractivity contribution >= 4 is 120 Å². The molecule has 0 aliphatic carbocycles. The van der Waals surface area contributed by atoms with Crippen LogP contribution in [-0.4, -0.2) is 88.1 Å². The molecule has 2 radical (unpaired) electrons. The van der Waals surface area contributed by atoms with Gasteiger partial charge in [-0.1, -0.05) is 0 Å². The van der Waals surface area contributed by atoms with Gasteiger partial charge in [-0.25, -0.2) is 31.5 Å². The van der Waals surface area contributed by atoms with Crippen molar-refractivity contribution < 1.29 is 20.1 Å². The van der Waals surface area contributed by atoms with Crippen LogP contribution in [0, 0.1) is 0 Å². The average molecular weight is 590 g/mol. The van der Waals surface area contributed by atoms with Crippen molar-refractivity contribution in [1.29, 1.82) is 0 Å². The summed E-state index contributed by atoms with van der Waals surface area (Å²) >= 11 is 4.32. The molecule has 0 saturated heterocycles. The molecule has 0 aliphatic rings. The smallest absolute Gasteiger partial charge is 0.884 e. The summed E-state index contributed by atoms with van der Waals surface area (Å²) in [5.74, 6) is -3.71. The minimum atomic E-state index is -1.85. The average Bonchev–Trinajstić information content (AvgIpc) is 1.25. The molecule has 0 amide bonds. The maximum absolute atomic E-state index is 8.89. The van der Waals surface area contributed by atoms with Gasteiger partial charge in [0.25, 0.3) is 0 Å². The Labute approximate surface area is 137 Å². The summed E-state index contributed by atoms with van der Waals surface area (Å²) in [4.78, 5) is 0. The second kappa shape index (κ2) is 18.3. The maximum atomic E-state index is 8.89. The Hall–Kier alpha value is 3.42. The molecule has 10 heteroatoms. The van der Waals surface area contributed by atoms with Crippen LogP contribution in [0.4, 0.5) is 0 Å². The first-order valence-corrected chi connectivity index (χ1v) is 3.21. The van der Waals surface area contributed by atoms with Crippen LogP contribution in [0.1, 0.15) is 0 Å². The number of halogens is 2. The molecule has 0 aromatic rings. The van der Waals surface area contributed by atoms with E-state index in [4.69, 9.17) is 20.1 Å². The van der Waals surface area contributed by atoms with E-state index >= 15 is 0 Å². The van der Waals surface area contributed by atoms with E-state index < -0.39 is 11.9 Å². The van der Waals surface area contributed by atoms with Gasteiger partial charge < -0.3 is 20.1 Å². The summed E-state index contributed by atoms with van der Waals surface area (Å²) in [6.07, 6.45) is 0. The summed E-state index contributed by atoms with van der Waals surface area (Å²) in [6.45, 7) is 0. The number of hydrogen-bond acceptors (Lipinski definition) is 4. The maximum Gasteiger partial charge on any atom is 2.00 e. The first-order chi connectivity index (χ1) is 3.46. The second-order valence-electron chi connectivity index (χ2n) is 0.549. The predicted octanol–water partition coefficient (Wildman–Crippen LogP) is -4.59. The zero-order valence-corrected chi connectivity index (χ0v) is 16.3. The van der Waals surface area contributed by atoms with Gasteiger partial charge in [0.2, 0.25) is 0 Å². The van der Waals surface area contributed by atoms with Gasteiger partial charge in [-0.05, 0) is 11.9 Å². The molecule has 0 bridgehead atoms. The monoisotopic (exact) mass is 590 g/mol. The van der Waals surface area contributed by atoms with E-state index in [0.29, 0.717) is 0 Å². The third-order valence-electron chi connectivity index (χ3n) is 0. The predicted molar refractivity (Wildman–Crippen MR) is 40.9 cm³/mol. The van der Waals surface area contributed by atoms with Crippen LogP contribution in [0.2, 0.25) is 0 Å². The molecule has 4 nitrogen and oxygen atoms in total. The van der Waals surface area contributed by atoms with Gasteiger partial charge in [0.15, 0.2) is 0 Å². The molecule has 10 heavy (non-hydrogen) atoms. The van der Waals surface area contributed by atoms with Crippen molar-refractivity contribution in [2.24, 2.45) is 0 Å². The Morgan fingerprint density at radius 2 is 0.800 bits per heavy atom. The minimum Gasteiger partial charge on any atom is -0.884 e. The second-order valence-corrected chi connectivity index (χ2v) is 2.04. The van der Waals surface area contributed by atoms with Crippen LogP contribution in [0.3, 0.4) is 0 Å². The third-order valence-corrected chi connectivity index (χ3v) is 0. The molecule has 0 aliphatic heterocycles. The zero-order chi connectivity index (χ0) is 7.15. The van der Waals surface area contributed by atoms with E-state index in [2.05, 4.69) is 31.5 Å². The molecular formula is B2BaBr2O4Pb. The van der Waals surface area contributed by atoms with Crippen LogP contribution in [0.25, 0.3) is 0 Å². The number of rotatable bonds is 0. The Kier molecular flexibility index (Phi) is 42.6. The fourth-order valence-corrected chi connectivity index (χ4v) is 0. The summed E-state index contributed by atoms with van der Waals surface area (Å²) in [7, 11) is 0. The molecule has 0 N–H and O–H groups in total. The molecule has 0 unspecified atom stereocenters. The zero-order valence-electron chi connectivity index (χ0n) is 4.75. The molecule has 50 valence electrons. The largest absolute Gasteiger partial charge is 2.00 e. The van der Waals surface area contributed by atoms with Gasteiger partial charge in [-0.15, -0.1) is 0 Å². The van der Waals surface area contributed by atoms with Crippen LogP contribution in [-0.2, 0) is 0 Å². The van der Waals surface area contributed by atoms with Gasteiger partial charge >= 0.3 is 76.2 Å². The quantitative estimate of drug-likeness (QED) is 0.266. The van der Waals surface area contributed by atoms with Crippen molar-refractivity contribution in [1.82, 2.24) is 0 Å². The van der Waals surface area contributed by atoms with Crippen LogP contribution >= 0.6 is 31.5 Å². The van der Waals surface area contributed by atoms with Gasteiger partial charge in [0.05, 0.1) is 0 Å². The van der Waals surface area contributed by atoms with Gasteiger partial charge in [-0.2, -0.15) is 0 Å². The molecule has 0 spiro atoms. The van der Waals surface area contributed by atoms with E-state index in [0.717, 1.165) is 0 Å². The van der Waals surface area contributed by atoms with E-state index in [1.54, 1.807) is 0 Å². The molecule has 0 aromatic carbocycles. The Morgan fingerprint density at radius 3 is 0.800 bits per heavy atom. The Bertz CT molecular complexity index is 36.7. The van der Waals surface area contributed by atoms with E-state index in [1.807, 2.05) is 0 Å². The molecule has 0 heterocycles. The molecule has 0 aromatic heterocycles. The van der Waals surface area contributed by atoms with Crippen molar-refractivity contribution in [3.8, 4) is 0 Å². The van der Waals surface area contributed by atoms with Crippen molar-refractivity contribution in [3.05, 3.63) is 0 Å². The van der Waals surface area contributed by atoms with Gasteiger partial charge in [-0.3, -0.25) is 0 Å². The van der Waals surface area contributed by atoms with Crippen LogP contribution in [0.15, 0.2) is 0 Å². The van der Waals surface area contributed by atoms with Crippen LogP contribution in [0.5, 0.6) is 0 Å². The summed E-state index contributed by atoms with van der Waals surface area (Å²) in [5, 5.41) is 35.6. The first kappa shape index (κ1) is 23.3. The first-order valence-electron chi connectivity index (χ1n) is 1.38. The summed E-state index contributed by atoms with van der Waals surface area (Å²) in [5.41, 5.74) is 0. The third kappa shape index (κ3) is 106. The molecule has 0 atom stereocenters. The summed E-state index contributed by atoms with van der Waals surface area (Å²) in [6, 6.07) is 0. The molecule has 0 saturated carbocycles. The Morgan fingerprint density at radius 1 is 0.800 bits per heavy atom. The van der Waals surface area contributed by atoms with Gasteiger partial charge in [0.1, 0.15) is 0 Å². The standard InChI is InChI=1S/2BBrO2.Ba.Pb/c2*2-1(3)4;;/q2*-2;2*+2. The fraction of sp³-hybridized carbons (Fsp3) is 0. The van der Waals surface area contributed by atoms with Crippen LogP contribution < -0.4 is 20.1 Å². The Balaban J connectivity index is -0.0000000300. The van der Waals surface area contributed by atoms with Gasteiger partial charge in [0, 0.05) is 0 Å². The fourth-order valence-electron chi connectivity index (χ4n) is 0. The summed E-state index contributed by atoms with van der Waals surface area (Å²) < 4.78 is 0. The molecular weight excluding hydrogens is 590 g/mol. The van der Waals surface area contributed by atoms with E-state index in [9.17, 15) is 0 Å². The van der Waals surface area contributed by atoms with Crippen molar-refractivity contribution in [2.45, 2.75) is 0 Å². The minimum absolute atomic E-state index is 0. The topological polar surface area (TPSA) is 92.2 Å². The SMILES string of the molecule is [Ba+2].[O-]B([O-])Br.[O-]B([O-])Br.[Pb+2]. The number of hydrogen-bond donors (Lipinski definition) is 0. The molecule has 0 rings (SSSR count). The van der Waals surface area contributed by atoms with E-state index in [1.165, 1.54) is 0 Å². The van der Waals surface area contributed by atoms with Crippen molar-refractivity contribution in [3.63, 3.8) is 0 Å². The normalized spacial score (nSPS) is 5.40. The molecule has 0 fully saturated rings. The van der Waals surface area contributed by atoms with Crippen molar-refractivity contribution in [2.75, 3.05) is 0 Å².